The first-order valence-electron chi connectivity index (χ1n) is 10.4. The molecule has 2 aromatic rings. The number of piperazine rings is 1. The number of benzene rings is 1. The van der Waals surface area contributed by atoms with E-state index in [1.807, 2.05) is 13.8 Å². The molecule has 9 nitrogen and oxygen atoms in total. The molecule has 1 aromatic heterocycles. The summed E-state index contributed by atoms with van der Waals surface area (Å²) >= 11 is 6.99. The van der Waals surface area contributed by atoms with Crippen LogP contribution in [0.15, 0.2) is 29.4 Å². The molecule has 33 heavy (non-hydrogen) atoms. The molecule has 0 bridgehead atoms. The monoisotopic (exact) mass is 518 g/mol. The summed E-state index contributed by atoms with van der Waals surface area (Å²) in [5.41, 5.74) is 0.379. The van der Waals surface area contributed by atoms with Gasteiger partial charge >= 0.3 is 10.2 Å². The zero-order valence-electron chi connectivity index (χ0n) is 18.5. The third-order valence-corrected chi connectivity index (χ3v) is 7.49. The van der Waals surface area contributed by atoms with Crippen LogP contribution in [0.2, 0.25) is 5.02 Å². The minimum atomic E-state index is -3.86. The highest BCUT2D eigenvalue weighted by molar-refractivity contribution is 7.98. The van der Waals surface area contributed by atoms with Crippen molar-refractivity contribution in [2.75, 3.05) is 29.7 Å². The zero-order valence-corrected chi connectivity index (χ0v) is 20.9. The number of thioether (sulfide) groups is 1. The van der Waals surface area contributed by atoms with Crippen LogP contribution in [-0.2, 0) is 16.0 Å². The van der Waals surface area contributed by atoms with E-state index in [9.17, 15) is 17.9 Å². The number of nitrogens with one attached hydrogen (secondary N) is 3. The van der Waals surface area contributed by atoms with Crippen LogP contribution >= 0.6 is 23.4 Å². The molecule has 0 saturated carbocycles. The van der Waals surface area contributed by atoms with E-state index in [1.54, 1.807) is 19.1 Å². The fraction of sp³-hybridized carbons (Fsp3) is 0.500. The van der Waals surface area contributed by atoms with Crippen LogP contribution < -0.4 is 15.4 Å². The normalized spacial score (nSPS) is 20.4. The first-order valence-corrected chi connectivity index (χ1v) is 13.2. The van der Waals surface area contributed by atoms with Crippen molar-refractivity contribution >= 4 is 45.2 Å². The molecule has 1 fully saturated rings. The van der Waals surface area contributed by atoms with Gasteiger partial charge < -0.3 is 15.7 Å². The van der Waals surface area contributed by atoms with Crippen molar-refractivity contribution in [2.45, 2.75) is 49.8 Å². The van der Waals surface area contributed by atoms with E-state index in [2.05, 4.69) is 25.3 Å². The van der Waals surface area contributed by atoms with E-state index >= 15 is 0 Å². The molecular formula is C20H28ClFN6O3S2. The summed E-state index contributed by atoms with van der Waals surface area (Å²) in [6.07, 6.45) is 0. The number of aromatic nitrogens is 2. The van der Waals surface area contributed by atoms with Gasteiger partial charge in [-0.3, -0.25) is 4.72 Å². The minimum Gasteiger partial charge on any atom is -0.394 e. The number of anilines is 2. The van der Waals surface area contributed by atoms with Gasteiger partial charge in [0.25, 0.3) is 0 Å². The molecule has 3 atom stereocenters. The van der Waals surface area contributed by atoms with Crippen LogP contribution in [0.1, 0.15) is 26.3 Å². The predicted octanol–water partition coefficient (Wildman–Crippen LogP) is 2.69. The van der Waals surface area contributed by atoms with E-state index in [-0.39, 0.29) is 46.5 Å². The Labute approximate surface area is 202 Å². The smallest absolute Gasteiger partial charge is 0.302 e. The number of aliphatic hydroxyl groups is 1. The van der Waals surface area contributed by atoms with Gasteiger partial charge in [-0.1, -0.05) is 35.5 Å². The summed E-state index contributed by atoms with van der Waals surface area (Å²) in [6, 6.07) is 5.89. The van der Waals surface area contributed by atoms with Gasteiger partial charge in [-0.25, -0.2) is 14.4 Å². The van der Waals surface area contributed by atoms with Gasteiger partial charge in [0.15, 0.2) is 5.16 Å². The maximum atomic E-state index is 14.2. The average Bonchev–Trinajstić information content (AvgIpc) is 2.73. The maximum Gasteiger partial charge on any atom is 0.302 e. The van der Waals surface area contributed by atoms with Crippen molar-refractivity contribution in [1.29, 1.82) is 0 Å². The Kier molecular flexibility index (Phi) is 8.76. The Balaban J connectivity index is 1.84. The van der Waals surface area contributed by atoms with Crippen LogP contribution in [0.25, 0.3) is 0 Å². The first kappa shape index (κ1) is 25.9. The van der Waals surface area contributed by atoms with E-state index in [4.69, 9.17) is 11.6 Å². The lowest BCUT2D eigenvalue weighted by Gasteiger charge is -2.35. The average molecular weight is 519 g/mol. The quantitative estimate of drug-likeness (QED) is 0.295. The number of rotatable bonds is 9. The SMILES string of the molecule is C[C@H](CO)Nc1cc(NS(=O)(=O)N2C[C@@H](C)N[C@@H](C)C2)nc(SCc2cccc(Cl)c2F)n1. The Bertz CT molecular complexity index is 1070. The minimum absolute atomic E-state index is 0.0112. The van der Waals surface area contributed by atoms with E-state index in [1.165, 1.54) is 16.4 Å². The van der Waals surface area contributed by atoms with Crippen molar-refractivity contribution in [3.05, 3.63) is 40.7 Å². The number of aliphatic hydroxyl groups excluding tert-OH is 1. The molecule has 1 saturated heterocycles. The van der Waals surface area contributed by atoms with Gasteiger partial charge in [0.1, 0.15) is 17.5 Å². The maximum absolute atomic E-state index is 14.2. The van der Waals surface area contributed by atoms with Crippen LogP contribution in [-0.4, -0.2) is 65.6 Å². The largest absolute Gasteiger partial charge is 0.394 e. The van der Waals surface area contributed by atoms with Crippen molar-refractivity contribution in [3.8, 4) is 0 Å². The lowest BCUT2D eigenvalue weighted by atomic mass is 10.2. The van der Waals surface area contributed by atoms with Gasteiger partial charge in [-0.05, 0) is 32.4 Å². The molecule has 0 aliphatic carbocycles. The first-order chi connectivity index (χ1) is 15.6. The fourth-order valence-electron chi connectivity index (χ4n) is 3.39. The second-order valence-electron chi connectivity index (χ2n) is 8.04. The lowest BCUT2D eigenvalue weighted by molar-refractivity contribution is 0.264. The van der Waals surface area contributed by atoms with E-state index < -0.39 is 16.0 Å². The Morgan fingerprint density at radius 3 is 2.64 bits per heavy atom. The molecular weight excluding hydrogens is 491 g/mol. The molecule has 1 aliphatic rings. The summed E-state index contributed by atoms with van der Waals surface area (Å²) in [5.74, 6) is 0.0911. The zero-order chi connectivity index (χ0) is 24.2. The predicted molar refractivity (Wildman–Crippen MR) is 129 cm³/mol. The molecule has 0 radical (unpaired) electrons. The molecule has 0 spiro atoms. The fourth-order valence-corrected chi connectivity index (χ4v) is 5.75. The molecule has 0 amide bonds. The standard InChI is InChI=1S/C20H28ClFN6O3S2/c1-12-8-28(9-13(2)23-12)33(30,31)27-18-7-17(24-14(3)10-29)25-20(26-18)32-11-15-5-4-6-16(21)19(15)22/h4-7,12-14,23,29H,8-11H2,1-3H3,(H2,24,25,26,27)/t12-,13+,14-/m1/s1. The summed E-state index contributed by atoms with van der Waals surface area (Å²) in [6.45, 7) is 6.11. The molecule has 1 aliphatic heterocycles. The molecule has 2 heterocycles. The van der Waals surface area contributed by atoms with E-state index in [0.29, 0.717) is 24.5 Å². The van der Waals surface area contributed by atoms with Crippen molar-refractivity contribution in [2.24, 2.45) is 0 Å². The highest BCUT2D eigenvalue weighted by Gasteiger charge is 2.30. The highest BCUT2D eigenvalue weighted by atomic mass is 35.5. The topological polar surface area (TPSA) is 119 Å². The summed E-state index contributed by atoms with van der Waals surface area (Å²) in [7, 11) is -3.86. The summed E-state index contributed by atoms with van der Waals surface area (Å²) < 4.78 is 44.2. The van der Waals surface area contributed by atoms with Gasteiger partial charge in [-0.2, -0.15) is 12.7 Å². The van der Waals surface area contributed by atoms with Crippen molar-refractivity contribution in [3.63, 3.8) is 0 Å². The van der Waals surface area contributed by atoms with Crippen molar-refractivity contribution in [1.82, 2.24) is 19.6 Å². The number of hydrogen-bond donors (Lipinski definition) is 4. The van der Waals surface area contributed by atoms with E-state index in [0.717, 1.165) is 11.8 Å². The molecule has 182 valence electrons. The molecule has 4 N–H and O–H groups in total. The van der Waals surface area contributed by atoms with Crippen LogP contribution in [0.5, 0.6) is 0 Å². The Hall–Kier alpha value is -1.70. The van der Waals surface area contributed by atoms with Gasteiger partial charge in [0, 0.05) is 43.0 Å². The second-order valence-corrected chi connectivity index (χ2v) is 11.1. The van der Waals surface area contributed by atoms with Crippen molar-refractivity contribution < 1.29 is 17.9 Å². The van der Waals surface area contributed by atoms with Crippen LogP contribution in [0, 0.1) is 5.82 Å². The molecule has 0 unspecified atom stereocenters. The summed E-state index contributed by atoms with van der Waals surface area (Å²) in [4.78, 5) is 8.68. The van der Waals surface area contributed by atoms with Crippen LogP contribution in [0.3, 0.4) is 0 Å². The Morgan fingerprint density at radius 2 is 1.97 bits per heavy atom. The Morgan fingerprint density at radius 1 is 1.30 bits per heavy atom. The third-order valence-electron chi connectivity index (χ3n) is 4.86. The molecule has 3 rings (SSSR count). The molecule has 13 heteroatoms. The highest BCUT2D eigenvalue weighted by Crippen LogP contribution is 2.27. The summed E-state index contributed by atoms with van der Waals surface area (Å²) in [5, 5.41) is 15.9. The third kappa shape index (κ3) is 7.14. The van der Waals surface area contributed by atoms with Gasteiger partial charge in [-0.15, -0.1) is 0 Å². The molecule has 1 aromatic carbocycles. The lowest BCUT2D eigenvalue weighted by Crippen LogP contribution is -2.56. The number of halogens is 2. The van der Waals surface area contributed by atoms with Gasteiger partial charge in [0.2, 0.25) is 0 Å². The number of hydrogen-bond acceptors (Lipinski definition) is 8. The number of nitrogens with zero attached hydrogens (tertiary/aromatic N) is 3. The van der Waals surface area contributed by atoms with Gasteiger partial charge in [0.05, 0.1) is 11.6 Å². The van der Waals surface area contributed by atoms with Crippen LogP contribution in [0.4, 0.5) is 16.0 Å². The second kappa shape index (κ2) is 11.2.